The zero-order valence-electron chi connectivity index (χ0n) is 26.3. The number of nitrogens with one attached hydrogen (secondary N) is 1. The van der Waals surface area contributed by atoms with Gasteiger partial charge in [-0.2, -0.15) is 0 Å². The molecule has 0 radical (unpaired) electrons. The Morgan fingerprint density at radius 3 is 2.02 bits per heavy atom. The Morgan fingerprint density at radius 2 is 1.44 bits per heavy atom. The van der Waals surface area contributed by atoms with E-state index < -0.39 is 0 Å². The van der Waals surface area contributed by atoms with Crippen LogP contribution in [-0.4, -0.2) is 10.8 Å². The molecule has 0 aliphatic heterocycles. The summed E-state index contributed by atoms with van der Waals surface area (Å²) in [5, 5.41) is 12.1. The van der Waals surface area contributed by atoms with Gasteiger partial charge in [-0.15, -0.1) is 0 Å². The van der Waals surface area contributed by atoms with E-state index in [4.69, 9.17) is 11.1 Å². The quantitative estimate of drug-likeness (QED) is 0.124. The lowest BCUT2D eigenvalue weighted by Crippen LogP contribution is -1.95. The van der Waals surface area contributed by atoms with Crippen molar-refractivity contribution in [2.45, 2.75) is 20.3 Å². The van der Waals surface area contributed by atoms with E-state index in [0.717, 1.165) is 44.4 Å². The first-order valence-electron chi connectivity index (χ1n) is 15.0. The maximum atomic E-state index is 7.35. The lowest BCUT2D eigenvalue weighted by molar-refractivity contribution is 1.19. The second-order valence-electron chi connectivity index (χ2n) is 10.5. The summed E-state index contributed by atoms with van der Waals surface area (Å²) in [7, 11) is 0. The topological polar surface area (TPSA) is 54.8 Å². The monoisotopic (exact) mass is 587 g/mol. The summed E-state index contributed by atoms with van der Waals surface area (Å²) in [6, 6.07) is 28.0. The van der Waals surface area contributed by atoms with E-state index in [9.17, 15) is 0 Å². The van der Waals surface area contributed by atoms with Crippen molar-refractivity contribution < 1.29 is 0 Å². The van der Waals surface area contributed by atoms with Gasteiger partial charge >= 0.3 is 0 Å². The van der Waals surface area contributed by atoms with E-state index in [1.54, 1.807) is 24.4 Å². The fraction of sp³-hybridized carbons (Fsp3) is 0.0714. The van der Waals surface area contributed by atoms with Gasteiger partial charge in [0, 0.05) is 34.3 Å². The molecule has 224 valence electrons. The van der Waals surface area contributed by atoms with E-state index in [1.807, 2.05) is 38.1 Å². The molecular formula is C42H41N3. The standard InChI is InChI=1S/C36H31N3.C6H10/c1-4-25(20-21-37)12-13-26(5-2)28-14-17-32-30(22-28)16-19-34-33-18-15-29(27(6-3)24-38)23-35(33)39(36(32)34)31-10-8-7-9-11-31;1-4-6(3)5-2/h4-11,13-24,37H,1-3,12,38H2;4-5H,1H2,2-3H3/b25-20+,26-13+,27-24+,37-21?;6-5-. The summed E-state index contributed by atoms with van der Waals surface area (Å²) in [5.74, 6) is 0. The Labute approximate surface area is 267 Å². The second kappa shape index (κ2) is 15.2. The first-order chi connectivity index (χ1) is 21.9. The zero-order chi connectivity index (χ0) is 32.3. The normalized spacial score (nSPS) is 12.5. The molecule has 0 aliphatic carbocycles. The Hall–Kier alpha value is -5.67. The van der Waals surface area contributed by atoms with Crippen molar-refractivity contribution in [3.63, 3.8) is 0 Å². The van der Waals surface area contributed by atoms with Crippen LogP contribution in [0.3, 0.4) is 0 Å². The summed E-state index contributed by atoms with van der Waals surface area (Å²) in [6.45, 7) is 19.4. The number of nitrogens with zero attached hydrogens (tertiary/aromatic N) is 1. The molecule has 0 unspecified atom stereocenters. The van der Waals surface area contributed by atoms with Crippen LogP contribution in [0, 0.1) is 5.41 Å². The largest absolute Gasteiger partial charge is 0.404 e. The van der Waals surface area contributed by atoms with Crippen molar-refractivity contribution in [3.05, 3.63) is 176 Å². The highest BCUT2D eigenvalue weighted by Crippen LogP contribution is 2.38. The van der Waals surface area contributed by atoms with Gasteiger partial charge < -0.3 is 15.7 Å². The second-order valence-corrected chi connectivity index (χ2v) is 10.5. The van der Waals surface area contributed by atoms with Crippen LogP contribution in [0.25, 0.3) is 49.4 Å². The highest BCUT2D eigenvalue weighted by Gasteiger charge is 2.16. The van der Waals surface area contributed by atoms with E-state index in [0.29, 0.717) is 6.42 Å². The van der Waals surface area contributed by atoms with Gasteiger partial charge in [0.2, 0.25) is 0 Å². The molecule has 3 nitrogen and oxygen atoms in total. The predicted molar refractivity (Wildman–Crippen MR) is 200 cm³/mol. The van der Waals surface area contributed by atoms with Gasteiger partial charge in [-0.25, -0.2) is 0 Å². The first kappa shape index (κ1) is 32.2. The molecule has 3 heteroatoms. The summed E-state index contributed by atoms with van der Waals surface area (Å²) < 4.78 is 2.34. The molecular weight excluding hydrogens is 546 g/mol. The van der Waals surface area contributed by atoms with Crippen molar-refractivity contribution in [2.24, 2.45) is 5.73 Å². The number of nitrogens with two attached hydrogens (primary N) is 1. The van der Waals surface area contributed by atoms with Gasteiger partial charge in [0.05, 0.1) is 11.0 Å². The van der Waals surface area contributed by atoms with E-state index in [-0.39, 0.29) is 0 Å². The molecule has 0 saturated carbocycles. The van der Waals surface area contributed by atoms with Crippen molar-refractivity contribution in [1.29, 1.82) is 5.41 Å². The molecule has 0 bridgehead atoms. The van der Waals surface area contributed by atoms with Crippen molar-refractivity contribution >= 4 is 49.9 Å². The molecule has 5 aromatic rings. The molecule has 0 aliphatic rings. The number of fused-ring (bicyclic) bond motifs is 5. The average molecular weight is 588 g/mol. The van der Waals surface area contributed by atoms with Crippen LogP contribution in [0.5, 0.6) is 0 Å². The van der Waals surface area contributed by atoms with Crippen LogP contribution < -0.4 is 5.73 Å². The van der Waals surface area contributed by atoms with Gasteiger partial charge in [0.15, 0.2) is 0 Å². The fourth-order valence-electron chi connectivity index (χ4n) is 5.31. The third-order valence-corrected chi connectivity index (χ3v) is 7.94. The van der Waals surface area contributed by atoms with Crippen LogP contribution >= 0.6 is 0 Å². The number of aromatic nitrogens is 1. The number of rotatable bonds is 10. The third kappa shape index (κ3) is 6.95. The summed E-state index contributed by atoms with van der Waals surface area (Å²) in [5.41, 5.74) is 15.6. The molecule has 1 aromatic heterocycles. The number of hydrogen-bond donors (Lipinski definition) is 2. The Morgan fingerprint density at radius 1 is 0.778 bits per heavy atom. The van der Waals surface area contributed by atoms with Gasteiger partial charge in [0.1, 0.15) is 0 Å². The maximum Gasteiger partial charge on any atom is 0.0619 e. The van der Waals surface area contributed by atoms with Crippen LogP contribution in [0.4, 0.5) is 0 Å². The fourth-order valence-corrected chi connectivity index (χ4v) is 5.31. The number of benzene rings is 4. The molecule has 0 amide bonds. The molecule has 0 atom stereocenters. The Kier molecular flexibility index (Phi) is 10.9. The molecule has 5 rings (SSSR count). The SMILES string of the molecule is C=C/C(=C\C=N)C/C=C(\C=C)c1ccc2c(ccc3c4ccc(/C(C=C)=C/N)cc4n(-c4ccccc4)c23)c1.C=C/C(C)=C\C. The maximum absolute atomic E-state index is 7.35. The molecule has 3 N–H and O–H groups in total. The predicted octanol–water partition coefficient (Wildman–Crippen LogP) is 11.3. The van der Waals surface area contributed by atoms with Crippen molar-refractivity contribution in [1.82, 2.24) is 4.57 Å². The Balaban J connectivity index is 0.000000700. The molecule has 45 heavy (non-hydrogen) atoms. The number of allylic oxidation sites excluding steroid dienone is 11. The van der Waals surface area contributed by atoms with Gasteiger partial charge in [-0.05, 0) is 83.8 Å². The van der Waals surface area contributed by atoms with E-state index >= 15 is 0 Å². The first-order valence-corrected chi connectivity index (χ1v) is 15.0. The highest BCUT2D eigenvalue weighted by molar-refractivity contribution is 6.19. The molecule has 0 saturated heterocycles. The van der Waals surface area contributed by atoms with E-state index in [1.165, 1.54) is 33.5 Å². The Bertz CT molecular complexity index is 2020. The molecule has 1 heterocycles. The van der Waals surface area contributed by atoms with Crippen LogP contribution in [0.2, 0.25) is 0 Å². The minimum atomic E-state index is 0.686. The van der Waals surface area contributed by atoms with Gasteiger partial charge in [0.25, 0.3) is 0 Å². The third-order valence-electron chi connectivity index (χ3n) is 7.94. The van der Waals surface area contributed by atoms with Crippen LogP contribution in [0.1, 0.15) is 31.4 Å². The van der Waals surface area contributed by atoms with Crippen molar-refractivity contribution in [2.75, 3.05) is 0 Å². The molecule has 4 aromatic carbocycles. The smallest absolute Gasteiger partial charge is 0.0619 e. The minimum absolute atomic E-state index is 0.686. The lowest BCUT2D eigenvalue weighted by Gasteiger charge is -2.12. The summed E-state index contributed by atoms with van der Waals surface area (Å²) in [6.07, 6.45) is 16.8. The van der Waals surface area contributed by atoms with Crippen molar-refractivity contribution in [3.8, 4) is 5.69 Å². The van der Waals surface area contributed by atoms with Crippen LogP contribution in [0.15, 0.2) is 165 Å². The minimum Gasteiger partial charge on any atom is -0.404 e. The molecule has 0 spiro atoms. The lowest BCUT2D eigenvalue weighted by atomic mass is 9.97. The zero-order valence-corrected chi connectivity index (χ0v) is 26.3. The summed E-state index contributed by atoms with van der Waals surface area (Å²) >= 11 is 0. The highest BCUT2D eigenvalue weighted by atomic mass is 15.0. The van der Waals surface area contributed by atoms with E-state index in [2.05, 4.69) is 110 Å². The number of para-hydroxylation sites is 1. The van der Waals surface area contributed by atoms with Gasteiger partial charge in [-0.3, -0.25) is 0 Å². The average Bonchev–Trinajstić information content (AvgIpc) is 3.42. The molecule has 0 fully saturated rings. The number of hydrogen-bond acceptors (Lipinski definition) is 2. The van der Waals surface area contributed by atoms with Crippen LogP contribution in [-0.2, 0) is 0 Å². The van der Waals surface area contributed by atoms with Gasteiger partial charge in [-0.1, -0.05) is 123 Å². The summed E-state index contributed by atoms with van der Waals surface area (Å²) in [4.78, 5) is 0.